The van der Waals surface area contributed by atoms with Crippen LogP contribution in [-0.4, -0.2) is 76.3 Å². The SMILES string of the molecule is CN1CCC[C@H]1COc1ncc2ccc(C3(O)C=C(N4CC[C@H]5CC[C@@H](C4)N5)c4cc(Cl)cc(F)c4C3)cc2n1. The quantitative estimate of drug-likeness (QED) is 0.473. The Labute approximate surface area is 239 Å². The smallest absolute Gasteiger partial charge is 0.316 e. The van der Waals surface area contributed by atoms with Gasteiger partial charge >= 0.3 is 6.01 Å². The Balaban J connectivity index is 1.24. The van der Waals surface area contributed by atoms with Crippen LogP contribution in [0.25, 0.3) is 16.6 Å². The summed E-state index contributed by atoms with van der Waals surface area (Å²) in [6.07, 6.45) is 9.38. The molecule has 0 amide bonds. The summed E-state index contributed by atoms with van der Waals surface area (Å²) < 4.78 is 21.4. The summed E-state index contributed by atoms with van der Waals surface area (Å²) >= 11 is 6.34. The second-order valence-corrected chi connectivity index (χ2v) is 12.4. The third-order valence-electron chi connectivity index (χ3n) is 9.26. The third-order valence-corrected chi connectivity index (χ3v) is 9.48. The molecule has 2 bridgehead atoms. The first-order valence-electron chi connectivity index (χ1n) is 14.4. The van der Waals surface area contributed by atoms with Crippen molar-refractivity contribution in [3.63, 3.8) is 0 Å². The molecule has 3 saturated heterocycles. The van der Waals surface area contributed by atoms with Gasteiger partial charge in [0.1, 0.15) is 18.0 Å². The number of halogens is 2. The number of hydrogen-bond donors (Lipinski definition) is 2. The summed E-state index contributed by atoms with van der Waals surface area (Å²) in [6, 6.07) is 10.4. The fourth-order valence-corrected chi connectivity index (χ4v) is 7.16. The number of benzene rings is 2. The third kappa shape index (κ3) is 4.85. The van der Waals surface area contributed by atoms with Gasteiger partial charge in [-0.05, 0) is 75.5 Å². The van der Waals surface area contributed by atoms with E-state index < -0.39 is 11.4 Å². The first-order chi connectivity index (χ1) is 19.3. The van der Waals surface area contributed by atoms with E-state index in [1.807, 2.05) is 30.3 Å². The van der Waals surface area contributed by atoms with Crippen LogP contribution >= 0.6 is 11.6 Å². The molecule has 4 heterocycles. The van der Waals surface area contributed by atoms with E-state index in [4.69, 9.17) is 16.3 Å². The van der Waals surface area contributed by atoms with Gasteiger partial charge in [0, 0.05) is 71.1 Å². The van der Waals surface area contributed by atoms with E-state index in [0.29, 0.717) is 52.4 Å². The number of hydrogen-bond acceptors (Lipinski definition) is 7. The maximum atomic E-state index is 15.4. The number of nitrogens with zero attached hydrogens (tertiary/aromatic N) is 4. The van der Waals surface area contributed by atoms with Crippen LogP contribution < -0.4 is 10.1 Å². The molecule has 3 aromatic rings. The van der Waals surface area contributed by atoms with Gasteiger partial charge in [-0.3, -0.25) is 0 Å². The number of aromatic nitrogens is 2. The van der Waals surface area contributed by atoms with E-state index in [-0.39, 0.29) is 6.42 Å². The molecule has 4 atom stereocenters. The Hall–Kier alpha value is -2.78. The Morgan fingerprint density at radius 3 is 2.88 bits per heavy atom. The van der Waals surface area contributed by atoms with E-state index in [0.717, 1.165) is 55.5 Å². The first kappa shape index (κ1) is 26.1. The molecule has 2 N–H and O–H groups in total. The van der Waals surface area contributed by atoms with Gasteiger partial charge in [0.2, 0.25) is 0 Å². The second-order valence-electron chi connectivity index (χ2n) is 11.9. The van der Waals surface area contributed by atoms with Gasteiger partial charge in [-0.15, -0.1) is 0 Å². The van der Waals surface area contributed by atoms with Gasteiger partial charge in [-0.25, -0.2) is 9.37 Å². The van der Waals surface area contributed by atoms with Crippen molar-refractivity contribution in [2.45, 2.75) is 62.3 Å². The fraction of sp³-hybridized carbons (Fsp3) is 0.484. The summed E-state index contributed by atoms with van der Waals surface area (Å²) in [4.78, 5) is 13.7. The number of aliphatic hydroxyl groups is 1. The van der Waals surface area contributed by atoms with E-state index in [1.54, 1.807) is 6.20 Å². The summed E-state index contributed by atoms with van der Waals surface area (Å²) in [6.45, 7) is 3.28. The van der Waals surface area contributed by atoms with Crippen LogP contribution in [-0.2, 0) is 12.0 Å². The summed E-state index contributed by atoms with van der Waals surface area (Å²) in [7, 11) is 2.11. The standard InChI is InChI=1S/C31H35ClFN5O2/c1-37-9-2-3-24(37)18-40-30-34-16-19-4-5-20(11-28(19)36-30)31(39)14-26-25(12-21(32)13-27(26)33)29(15-31)38-10-8-22-6-7-23(17-38)35-22/h4-5,11-13,15-16,22-24,35,39H,2-3,6-10,14,17-18H2,1H3/t22-,23+,24+,31?/m1/s1. The number of rotatable bonds is 5. The molecule has 0 saturated carbocycles. The van der Waals surface area contributed by atoms with E-state index >= 15 is 4.39 Å². The molecule has 0 spiro atoms. The zero-order chi connectivity index (χ0) is 27.4. The molecule has 1 aromatic heterocycles. The van der Waals surface area contributed by atoms with Crippen LogP contribution in [0.2, 0.25) is 5.02 Å². The first-order valence-corrected chi connectivity index (χ1v) is 14.8. The molecule has 7 rings (SSSR count). The number of likely N-dealkylation sites (N-methyl/N-ethyl adjacent to an activating group) is 1. The lowest BCUT2D eigenvalue weighted by Crippen LogP contribution is -2.38. The van der Waals surface area contributed by atoms with Gasteiger partial charge < -0.3 is 25.0 Å². The van der Waals surface area contributed by atoms with Crippen molar-refractivity contribution in [1.29, 1.82) is 0 Å². The number of ether oxygens (including phenoxy) is 1. The molecule has 0 radical (unpaired) electrons. The molecule has 2 aromatic carbocycles. The highest BCUT2D eigenvalue weighted by Crippen LogP contribution is 2.42. The summed E-state index contributed by atoms with van der Waals surface area (Å²) in [5.41, 5.74) is 2.02. The highest BCUT2D eigenvalue weighted by molar-refractivity contribution is 6.30. The average molecular weight is 564 g/mol. The van der Waals surface area contributed by atoms with Crippen molar-refractivity contribution in [2.75, 3.05) is 33.3 Å². The molecule has 210 valence electrons. The Bertz CT molecular complexity index is 1480. The van der Waals surface area contributed by atoms with Crippen molar-refractivity contribution in [3.05, 3.63) is 70.1 Å². The summed E-state index contributed by atoms with van der Waals surface area (Å²) in [5.74, 6) is -0.392. The minimum absolute atomic E-state index is 0.112. The van der Waals surface area contributed by atoms with Gasteiger partial charge in [0.15, 0.2) is 0 Å². The van der Waals surface area contributed by atoms with Crippen LogP contribution in [0, 0.1) is 5.82 Å². The molecule has 1 aliphatic carbocycles. The number of likely N-dealkylation sites (tertiary alicyclic amines) is 2. The molecule has 1 unspecified atom stereocenters. The van der Waals surface area contributed by atoms with Gasteiger partial charge in [0.05, 0.1) is 5.52 Å². The van der Waals surface area contributed by atoms with E-state index in [9.17, 15) is 5.11 Å². The predicted molar refractivity (Wildman–Crippen MR) is 154 cm³/mol. The highest BCUT2D eigenvalue weighted by atomic mass is 35.5. The molecule has 4 aliphatic rings. The minimum atomic E-state index is -1.41. The lowest BCUT2D eigenvalue weighted by atomic mass is 9.79. The maximum absolute atomic E-state index is 15.4. The van der Waals surface area contributed by atoms with E-state index in [1.165, 1.54) is 18.9 Å². The largest absolute Gasteiger partial charge is 0.462 e. The highest BCUT2D eigenvalue weighted by Gasteiger charge is 2.39. The molecule has 3 aliphatic heterocycles. The number of nitrogens with one attached hydrogen (secondary N) is 1. The van der Waals surface area contributed by atoms with E-state index in [2.05, 4.69) is 32.1 Å². The van der Waals surface area contributed by atoms with Crippen LogP contribution in [0.15, 0.2) is 42.6 Å². The van der Waals surface area contributed by atoms with Crippen LogP contribution in [0.1, 0.15) is 48.8 Å². The molecular formula is C31H35ClFN5O2. The molecule has 3 fully saturated rings. The minimum Gasteiger partial charge on any atom is -0.462 e. The average Bonchev–Trinajstić information content (AvgIpc) is 3.50. The topological polar surface area (TPSA) is 73.8 Å². The summed E-state index contributed by atoms with van der Waals surface area (Å²) in [5, 5.41) is 17.1. The van der Waals surface area contributed by atoms with Gasteiger partial charge in [0.25, 0.3) is 0 Å². The van der Waals surface area contributed by atoms with Crippen LogP contribution in [0.3, 0.4) is 0 Å². The van der Waals surface area contributed by atoms with Crippen molar-refractivity contribution in [3.8, 4) is 6.01 Å². The normalized spacial score (nSPS) is 28.4. The Morgan fingerprint density at radius 1 is 1.15 bits per heavy atom. The number of fused-ring (bicyclic) bond motifs is 4. The monoisotopic (exact) mass is 563 g/mol. The molecule has 40 heavy (non-hydrogen) atoms. The molecular weight excluding hydrogens is 529 g/mol. The van der Waals surface area contributed by atoms with Crippen LogP contribution in [0.5, 0.6) is 6.01 Å². The van der Waals surface area contributed by atoms with Crippen molar-refractivity contribution >= 4 is 28.2 Å². The maximum Gasteiger partial charge on any atom is 0.316 e. The predicted octanol–water partition coefficient (Wildman–Crippen LogP) is 4.51. The zero-order valence-electron chi connectivity index (χ0n) is 22.7. The zero-order valence-corrected chi connectivity index (χ0v) is 23.5. The second kappa shape index (κ2) is 10.2. The van der Waals surface area contributed by atoms with Gasteiger partial charge in [-0.2, -0.15) is 4.98 Å². The lowest BCUT2D eigenvalue weighted by molar-refractivity contribution is 0.0859. The Morgan fingerprint density at radius 2 is 2.02 bits per heavy atom. The Kier molecular flexibility index (Phi) is 6.70. The van der Waals surface area contributed by atoms with Crippen LogP contribution in [0.4, 0.5) is 4.39 Å². The molecule has 7 nitrogen and oxygen atoms in total. The molecule has 9 heteroatoms. The van der Waals surface area contributed by atoms with Gasteiger partial charge in [-0.1, -0.05) is 23.7 Å². The van der Waals surface area contributed by atoms with Crippen molar-refractivity contribution in [1.82, 2.24) is 25.1 Å². The lowest BCUT2D eigenvalue weighted by Gasteiger charge is -2.38. The van der Waals surface area contributed by atoms with Crippen molar-refractivity contribution in [2.24, 2.45) is 0 Å². The van der Waals surface area contributed by atoms with Crippen molar-refractivity contribution < 1.29 is 14.2 Å². The fourth-order valence-electron chi connectivity index (χ4n) is 6.95.